The topological polar surface area (TPSA) is 273 Å². The van der Waals surface area contributed by atoms with Crippen molar-refractivity contribution in [3.8, 4) is 0 Å². The average Bonchev–Trinajstić information content (AvgIpc) is 3.15. The Kier molecular flexibility index (Phi) is 11.4. The van der Waals surface area contributed by atoms with E-state index in [0.717, 1.165) is 18.4 Å². The lowest BCUT2D eigenvalue weighted by molar-refractivity contribution is -0.336. The van der Waals surface area contributed by atoms with Crippen LogP contribution in [0.15, 0.2) is 11.6 Å². The maximum Gasteiger partial charge on any atom is 0.335 e. The number of hydrogen-bond donors (Lipinski definition) is 10. The van der Waals surface area contributed by atoms with E-state index in [1.807, 2.05) is 20.8 Å². The van der Waals surface area contributed by atoms with Crippen LogP contribution in [0.25, 0.3) is 0 Å². The first-order chi connectivity index (χ1) is 26.9. The van der Waals surface area contributed by atoms with E-state index in [0.29, 0.717) is 44.9 Å². The van der Waals surface area contributed by atoms with Crippen LogP contribution >= 0.6 is 0 Å². The van der Waals surface area contributed by atoms with Gasteiger partial charge in [-0.15, -0.1) is 0 Å². The summed E-state index contributed by atoms with van der Waals surface area (Å²) in [4.78, 5) is 25.2. The molecule has 330 valence electrons. The Labute approximate surface area is 339 Å². The molecular weight excluding hydrogens is 760 g/mol. The summed E-state index contributed by atoms with van der Waals surface area (Å²) in [6.45, 7) is 12.4. The number of carbonyl (C=O) groups is 2. The van der Waals surface area contributed by atoms with Gasteiger partial charge in [0.1, 0.15) is 42.7 Å². The molecule has 4 saturated carbocycles. The summed E-state index contributed by atoms with van der Waals surface area (Å²) in [6.07, 6.45) is -10.3. The van der Waals surface area contributed by atoms with Gasteiger partial charge in [0, 0.05) is 0 Å². The van der Waals surface area contributed by atoms with E-state index in [2.05, 4.69) is 26.8 Å². The molecule has 0 unspecified atom stereocenters. The Bertz CT molecular complexity index is 1620. The molecule has 16 nitrogen and oxygen atoms in total. The molecule has 20 atom stereocenters. The minimum Gasteiger partial charge on any atom is -0.481 e. The van der Waals surface area contributed by atoms with Crippen LogP contribution in [-0.4, -0.2) is 150 Å². The minimum absolute atomic E-state index is 0.00998. The van der Waals surface area contributed by atoms with Gasteiger partial charge in [-0.05, 0) is 103 Å². The number of aliphatic carboxylic acids is 2. The normalized spacial score (nSPS) is 53.9. The molecule has 2 aliphatic heterocycles. The summed E-state index contributed by atoms with van der Waals surface area (Å²) in [5, 5.41) is 105. The minimum atomic E-state index is -1.87. The molecule has 2 heterocycles. The first-order valence-electron chi connectivity index (χ1n) is 21.0. The Hall–Kier alpha value is -1.80. The van der Waals surface area contributed by atoms with E-state index < -0.39 is 114 Å². The molecule has 7 rings (SSSR count). The third-order valence-corrected chi connectivity index (χ3v) is 17.4. The van der Waals surface area contributed by atoms with Crippen LogP contribution in [0, 0.1) is 50.2 Å². The molecule has 0 aromatic heterocycles. The first-order valence-corrected chi connectivity index (χ1v) is 21.0. The summed E-state index contributed by atoms with van der Waals surface area (Å²) < 4.78 is 23.4. The van der Waals surface area contributed by atoms with Crippen LogP contribution in [0.3, 0.4) is 0 Å². The Morgan fingerprint density at radius 3 is 2.03 bits per heavy atom. The van der Waals surface area contributed by atoms with Gasteiger partial charge in [-0.25, -0.2) is 4.79 Å². The van der Waals surface area contributed by atoms with Gasteiger partial charge in [-0.2, -0.15) is 0 Å². The molecular formula is C42H66O16. The monoisotopic (exact) mass is 826 g/mol. The highest BCUT2D eigenvalue weighted by Crippen LogP contribution is 2.76. The molecule has 0 aromatic rings. The fourth-order valence-corrected chi connectivity index (χ4v) is 13.8. The predicted octanol–water partition coefficient (Wildman–Crippen LogP) is 0.918. The molecule has 5 aliphatic carbocycles. The predicted molar refractivity (Wildman–Crippen MR) is 201 cm³/mol. The first kappa shape index (κ1) is 44.3. The van der Waals surface area contributed by atoms with E-state index in [1.54, 1.807) is 0 Å². The third kappa shape index (κ3) is 6.45. The number of hydrogen-bond acceptors (Lipinski definition) is 14. The van der Waals surface area contributed by atoms with Crippen molar-refractivity contribution in [3.63, 3.8) is 0 Å². The molecule has 0 radical (unpaired) electrons. The van der Waals surface area contributed by atoms with Gasteiger partial charge in [-0.3, -0.25) is 4.79 Å². The van der Waals surface area contributed by atoms with E-state index in [4.69, 9.17) is 18.9 Å². The van der Waals surface area contributed by atoms with Crippen molar-refractivity contribution in [2.24, 2.45) is 50.2 Å². The van der Waals surface area contributed by atoms with Crippen LogP contribution < -0.4 is 0 Å². The van der Waals surface area contributed by atoms with Gasteiger partial charge in [0.05, 0.1) is 30.8 Å². The zero-order valence-electron chi connectivity index (χ0n) is 34.4. The van der Waals surface area contributed by atoms with Crippen LogP contribution in [-0.2, 0) is 28.5 Å². The van der Waals surface area contributed by atoms with E-state index in [1.165, 1.54) is 0 Å². The number of fused-ring (bicyclic) bond motifs is 7. The average molecular weight is 827 g/mol. The van der Waals surface area contributed by atoms with Crippen molar-refractivity contribution in [3.05, 3.63) is 11.6 Å². The molecule has 0 aromatic carbocycles. The summed E-state index contributed by atoms with van der Waals surface area (Å²) in [7, 11) is 0. The Morgan fingerprint density at radius 1 is 0.759 bits per heavy atom. The second-order valence-corrected chi connectivity index (χ2v) is 20.7. The molecule has 0 amide bonds. The largest absolute Gasteiger partial charge is 0.481 e. The lowest BCUT2D eigenvalue weighted by atomic mass is 9.33. The molecule has 0 spiro atoms. The molecule has 10 N–H and O–H groups in total. The number of carboxylic acids is 2. The standard InChI is InChI=1S/C42H66O16/c1-37(2)23-9-10-41(6)24(39(23,4)16-21(44)32(37)58-35-30(50)27(47)28(48)31(57-35)33(51)52)8-7-19-20-15-38(3,11-13-42(20,36(53)54)14-12-40(19,41)5)18-55-34-29(49)26(46)25(45)22(17-43)56-34/h7,20-32,34-35,43-50H,8-18H2,1-6H3,(H,51,52)(H,53,54)/t20-,21-,22+,23-,24+,25+,26-,27-,28-,29+,30+,31-,32-,34+,35-,38-,39-,40+,41+,42-/m0/s1. The fraction of sp³-hybridized carbons (Fsp3) is 0.905. The number of allylic oxidation sites excluding steroid dienone is 2. The number of rotatable bonds is 8. The smallest absolute Gasteiger partial charge is 0.335 e. The Balaban J connectivity index is 1.15. The highest BCUT2D eigenvalue weighted by Gasteiger charge is 2.71. The molecule has 16 heteroatoms. The van der Waals surface area contributed by atoms with Crippen molar-refractivity contribution in [2.45, 2.75) is 173 Å². The fourth-order valence-electron chi connectivity index (χ4n) is 13.8. The molecule has 0 bridgehead atoms. The van der Waals surface area contributed by atoms with Gasteiger partial charge in [0.25, 0.3) is 0 Å². The van der Waals surface area contributed by atoms with E-state index in [-0.39, 0.29) is 35.2 Å². The maximum absolute atomic E-state index is 13.4. The van der Waals surface area contributed by atoms with E-state index >= 15 is 0 Å². The van der Waals surface area contributed by atoms with Crippen LogP contribution in [0.1, 0.15) is 99.3 Å². The number of carboxylic acid groups (broad SMARTS) is 2. The summed E-state index contributed by atoms with van der Waals surface area (Å²) in [6, 6.07) is 0. The van der Waals surface area contributed by atoms with Crippen LogP contribution in [0.4, 0.5) is 0 Å². The van der Waals surface area contributed by atoms with Gasteiger partial charge in [0.2, 0.25) is 0 Å². The van der Waals surface area contributed by atoms with Crippen molar-refractivity contribution in [1.29, 1.82) is 0 Å². The van der Waals surface area contributed by atoms with Gasteiger partial charge < -0.3 is 70.0 Å². The maximum atomic E-state index is 13.4. The highest BCUT2D eigenvalue weighted by molar-refractivity contribution is 5.76. The lowest BCUT2D eigenvalue weighted by Gasteiger charge is -2.71. The number of aliphatic hydroxyl groups excluding tert-OH is 8. The third-order valence-electron chi connectivity index (χ3n) is 17.4. The van der Waals surface area contributed by atoms with Crippen molar-refractivity contribution >= 4 is 11.9 Å². The van der Waals surface area contributed by atoms with Crippen molar-refractivity contribution < 1.29 is 79.6 Å². The van der Waals surface area contributed by atoms with Gasteiger partial charge in [0.15, 0.2) is 18.7 Å². The van der Waals surface area contributed by atoms with Gasteiger partial charge >= 0.3 is 11.9 Å². The van der Waals surface area contributed by atoms with Crippen LogP contribution in [0.2, 0.25) is 0 Å². The SMILES string of the molecule is CC1(C)[C@@H](O[C@@H]2O[C@H](C(=O)O)[C@@H](O)[C@H](O)[C@H]2O)[C@@H](O)C[C@]2(C)[C@H]3CC=C4[C@@H]5C[C@@](C)(CO[C@@H]6O[C@H](CO)[C@@H](O)[C@H](O)[C@H]6O)CC[C@]5(C(=O)O)CC[C@@]4(C)[C@]3(C)CC[C@@H]12. The second-order valence-electron chi connectivity index (χ2n) is 20.7. The summed E-state index contributed by atoms with van der Waals surface area (Å²) in [5.41, 5.74) is -2.13. The number of aliphatic hydroxyl groups is 8. The molecule has 2 saturated heterocycles. The van der Waals surface area contributed by atoms with Crippen molar-refractivity contribution in [1.82, 2.24) is 0 Å². The zero-order valence-corrected chi connectivity index (χ0v) is 34.4. The zero-order chi connectivity index (χ0) is 42.7. The highest BCUT2D eigenvalue weighted by atomic mass is 16.7. The summed E-state index contributed by atoms with van der Waals surface area (Å²) in [5.74, 6) is -2.53. The molecule has 58 heavy (non-hydrogen) atoms. The van der Waals surface area contributed by atoms with Gasteiger partial charge in [-0.1, -0.05) is 53.2 Å². The lowest BCUT2D eigenvalue weighted by Crippen LogP contribution is -2.68. The summed E-state index contributed by atoms with van der Waals surface area (Å²) >= 11 is 0. The molecule has 7 aliphatic rings. The second kappa shape index (κ2) is 14.9. The van der Waals surface area contributed by atoms with Crippen molar-refractivity contribution in [2.75, 3.05) is 13.2 Å². The Morgan fingerprint density at radius 2 is 1.40 bits per heavy atom. The molecule has 6 fully saturated rings. The quantitative estimate of drug-likeness (QED) is 0.120. The van der Waals surface area contributed by atoms with Crippen LogP contribution in [0.5, 0.6) is 0 Å². The number of ether oxygens (including phenoxy) is 4. The van der Waals surface area contributed by atoms with E-state index in [9.17, 15) is 60.7 Å².